The molecule has 10 aromatic carbocycles. The molecule has 0 bridgehead atoms. The fourth-order valence-corrected chi connectivity index (χ4v) is 8.87. The van der Waals surface area contributed by atoms with E-state index in [2.05, 4.69) is 200 Å². The Morgan fingerprint density at radius 3 is 1.52 bits per heavy atom. The lowest BCUT2D eigenvalue weighted by molar-refractivity contribution is 1.43. The maximum Gasteiger partial charge on any atom is 0.0788 e. The number of aromatic nitrogens is 1. The SMILES string of the molecule is c1ccc(-c2nc3ccccc3c3c2ccc2c(-c4c5ccccc5c(-c5ccc(-c6cccc7ccccc67)cc5)c5ccccc45)cccc23)cc1. The van der Waals surface area contributed by atoms with Crippen molar-refractivity contribution in [2.45, 2.75) is 0 Å². The van der Waals surface area contributed by atoms with Crippen molar-refractivity contribution in [2.24, 2.45) is 0 Å². The van der Waals surface area contributed by atoms with Crippen LogP contribution in [0.25, 0.3) is 109 Å². The number of nitrogens with zero attached hydrogens (tertiary/aromatic N) is 1. The van der Waals surface area contributed by atoms with Crippen LogP contribution >= 0.6 is 0 Å². The molecule has 0 atom stereocenters. The highest BCUT2D eigenvalue weighted by Crippen LogP contribution is 2.47. The van der Waals surface area contributed by atoms with Crippen molar-refractivity contribution in [2.75, 3.05) is 0 Å². The fourth-order valence-electron chi connectivity index (χ4n) is 8.87. The first-order valence-electron chi connectivity index (χ1n) is 18.6. The second-order valence-corrected chi connectivity index (χ2v) is 14.2. The molecule has 1 nitrogen and oxygen atoms in total. The van der Waals surface area contributed by atoms with Crippen molar-refractivity contribution in [3.05, 3.63) is 200 Å². The van der Waals surface area contributed by atoms with E-state index in [0.717, 1.165) is 16.8 Å². The zero-order valence-electron chi connectivity index (χ0n) is 29.5. The van der Waals surface area contributed by atoms with Crippen molar-refractivity contribution >= 4 is 64.8 Å². The highest BCUT2D eigenvalue weighted by atomic mass is 14.7. The lowest BCUT2D eigenvalue weighted by Gasteiger charge is -2.20. The van der Waals surface area contributed by atoms with E-state index < -0.39 is 0 Å². The number of hydrogen-bond acceptors (Lipinski definition) is 1. The van der Waals surface area contributed by atoms with Gasteiger partial charge < -0.3 is 0 Å². The van der Waals surface area contributed by atoms with Gasteiger partial charge in [-0.15, -0.1) is 0 Å². The summed E-state index contributed by atoms with van der Waals surface area (Å²) in [4.78, 5) is 5.22. The van der Waals surface area contributed by atoms with E-state index >= 15 is 0 Å². The predicted molar refractivity (Wildman–Crippen MR) is 231 cm³/mol. The van der Waals surface area contributed by atoms with Crippen LogP contribution in [-0.4, -0.2) is 4.98 Å². The molecular weight excluding hydrogens is 651 g/mol. The second kappa shape index (κ2) is 12.3. The van der Waals surface area contributed by atoms with E-state index in [0.29, 0.717) is 0 Å². The zero-order chi connectivity index (χ0) is 35.6. The molecular formula is C53H33N. The van der Waals surface area contributed by atoms with E-state index in [1.807, 2.05) is 0 Å². The fraction of sp³-hybridized carbons (Fsp3) is 0. The molecule has 0 N–H and O–H groups in total. The molecule has 1 heteroatoms. The molecule has 250 valence electrons. The normalized spacial score (nSPS) is 11.7. The molecule has 1 aromatic heterocycles. The van der Waals surface area contributed by atoms with Crippen LogP contribution in [0, 0.1) is 0 Å². The molecule has 1 heterocycles. The summed E-state index contributed by atoms with van der Waals surface area (Å²) in [6.45, 7) is 0. The standard InChI is InChI=1S/C53H33N/c1-2-15-37(16-3-1)53-48-33-32-40-41(25-13-26-42(40)52(48)47-23-10-11-27-49(47)54-53)51-45-21-8-6-19-43(45)50(44-20-7-9-22-46(44)51)36-30-28-35(29-31-36)39-24-12-17-34-14-4-5-18-38(34)39/h1-33H. The maximum atomic E-state index is 5.22. The number of fused-ring (bicyclic) bond motifs is 8. The molecule has 0 saturated heterocycles. The monoisotopic (exact) mass is 683 g/mol. The van der Waals surface area contributed by atoms with Gasteiger partial charge in [-0.05, 0) is 82.5 Å². The second-order valence-electron chi connectivity index (χ2n) is 14.2. The first kappa shape index (κ1) is 30.5. The Balaban J connectivity index is 1.16. The molecule has 0 amide bonds. The van der Waals surface area contributed by atoms with Gasteiger partial charge in [-0.3, -0.25) is 0 Å². The van der Waals surface area contributed by atoms with Crippen molar-refractivity contribution in [1.29, 1.82) is 0 Å². The van der Waals surface area contributed by atoms with Crippen LogP contribution in [0.1, 0.15) is 0 Å². The van der Waals surface area contributed by atoms with Gasteiger partial charge in [0.25, 0.3) is 0 Å². The highest BCUT2D eigenvalue weighted by molar-refractivity contribution is 6.28. The van der Waals surface area contributed by atoms with Crippen LogP contribution in [0.4, 0.5) is 0 Å². The Morgan fingerprint density at radius 1 is 0.259 bits per heavy atom. The summed E-state index contributed by atoms with van der Waals surface area (Å²) in [5.74, 6) is 0. The van der Waals surface area contributed by atoms with E-state index in [9.17, 15) is 0 Å². The topological polar surface area (TPSA) is 12.9 Å². The van der Waals surface area contributed by atoms with Crippen molar-refractivity contribution in [3.63, 3.8) is 0 Å². The third-order valence-corrected chi connectivity index (χ3v) is 11.2. The molecule has 11 aromatic rings. The minimum Gasteiger partial charge on any atom is -0.247 e. The molecule has 0 radical (unpaired) electrons. The predicted octanol–water partition coefficient (Wildman–Crippen LogP) is 14.7. The van der Waals surface area contributed by atoms with Crippen LogP contribution in [0.3, 0.4) is 0 Å². The van der Waals surface area contributed by atoms with E-state index in [-0.39, 0.29) is 0 Å². The number of benzene rings is 10. The number of pyridine rings is 1. The van der Waals surface area contributed by atoms with Gasteiger partial charge in [-0.25, -0.2) is 4.98 Å². The van der Waals surface area contributed by atoms with Gasteiger partial charge in [0.05, 0.1) is 11.2 Å². The highest BCUT2D eigenvalue weighted by Gasteiger charge is 2.20. The Labute approximate surface area is 313 Å². The summed E-state index contributed by atoms with van der Waals surface area (Å²) in [6.07, 6.45) is 0. The summed E-state index contributed by atoms with van der Waals surface area (Å²) in [6, 6.07) is 72.9. The Morgan fingerprint density at radius 2 is 0.778 bits per heavy atom. The smallest absolute Gasteiger partial charge is 0.0788 e. The lowest BCUT2D eigenvalue weighted by Crippen LogP contribution is -1.93. The Kier molecular flexibility index (Phi) is 6.93. The quantitative estimate of drug-likeness (QED) is 0.133. The number of para-hydroxylation sites is 1. The summed E-state index contributed by atoms with van der Waals surface area (Å²) in [5.41, 5.74) is 10.6. The van der Waals surface area contributed by atoms with Crippen LogP contribution in [0.5, 0.6) is 0 Å². The van der Waals surface area contributed by atoms with Gasteiger partial charge in [0.1, 0.15) is 0 Å². The summed E-state index contributed by atoms with van der Waals surface area (Å²) in [7, 11) is 0. The maximum absolute atomic E-state index is 5.22. The van der Waals surface area contributed by atoms with Crippen LogP contribution in [0.2, 0.25) is 0 Å². The minimum atomic E-state index is 1.01. The lowest BCUT2D eigenvalue weighted by atomic mass is 9.84. The molecule has 11 rings (SSSR count). The zero-order valence-corrected chi connectivity index (χ0v) is 29.5. The van der Waals surface area contributed by atoms with Gasteiger partial charge in [0, 0.05) is 21.7 Å². The average Bonchev–Trinajstić information content (AvgIpc) is 3.25. The number of rotatable bonds is 4. The molecule has 0 aliphatic rings. The van der Waals surface area contributed by atoms with E-state index in [1.54, 1.807) is 0 Å². The molecule has 0 fully saturated rings. The largest absolute Gasteiger partial charge is 0.247 e. The van der Waals surface area contributed by atoms with Crippen molar-refractivity contribution < 1.29 is 0 Å². The third kappa shape index (κ3) is 4.69. The molecule has 0 unspecified atom stereocenters. The summed E-state index contributed by atoms with van der Waals surface area (Å²) in [5, 5.41) is 13.6. The molecule has 0 spiro atoms. The van der Waals surface area contributed by atoms with Crippen LogP contribution < -0.4 is 0 Å². The average molecular weight is 684 g/mol. The van der Waals surface area contributed by atoms with Crippen molar-refractivity contribution in [1.82, 2.24) is 4.98 Å². The molecule has 0 aliphatic carbocycles. The first-order valence-corrected chi connectivity index (χ1v) is 18.6. The Bertz CT molecular complexity index is 3190. The molecule has 0 saturated carbocycles. The third-order valence-electron chi connectivity index (χ3n) is 11.2. The summed E-state index contributed by atoms with van der Waals surface area (Å²) < 4.78 is 0. The van der Waals surface area contributed by atoms with Gasteiger partial charge in [-0.2, -0.15) is 0 Å². The van der Waals surface area contributed by atoms with E-state index in [4.69, 9.17) is 4.98 Å². The first-order chi connectivity index (χ1) is 26.8. The number of hydrogen-bond donors (Lipinski definition) is 0. The summed E-state index contributed by atoms with van der Waals surface area (Å²) >= 11 is 0. The Hall–Kier alpha value is -7.09. The van der Waals surface area contributed by atoms with Gasteiger partial charge in [-0.1, -0.05) is 194 Å². The molecule has 0 aliphatic heterocycles. The van der Waals surface area contributed by atoms with Gasteiger partial charge >= 0.3 is 0 Å². The van der Waals surface area contributed by atoms with E-state index in [1.165, 1.54) is 92.6 Å². The van der Waals surface area contributed by atoms with Gasteiger partial charge in [0.15, 0.2) is 0 Å². The molecule has 54 heavy (non-hydrogen) atoms. The van der Waals surface area contributed by atoms with Crippen LogP contribution in [0.15, 0.2) is 200 Å². The van der Waals surface area contributed by atoms with Crippen LogP contribution in [-0.2, 0) is 0 Å². The minimum absolute atomic E-state index is 1.01. The van der Waals surface area contributed by atoms with Gasteiger partial charge in [0.2, 0.25) is 0 Å². The van der Waals surface area contributed by atoms with Crippen molar-refractivity contribution in [3.8, 4) is 44.6 Å².